The van der Waals surface area contributed by atoms with Gasteiger partial charge in [0.25, 0.3) is 0 Å². The Bertz CT molecular complexity index is 749. The average Bonchev–Trinajstić information content (AvgIpc) is 3.20. The Labute approximate surface area is 139 Å². The number of carbonyl (C=O) groups excluding carboxylic acids is 2. The van der Waals surface area contributed by atoms with Crippen LogP contribution in [0.4, 0.5) is 0 Å². The molecule has 0 aromatic carbocycles. The van der Waals surface area contributed by atoms with Gasteiger partial charge < -0.3 is 4.52 Å². The van der Waals surface area contributed by atoms with E-state index in [1.54, 1.807) is 31.5 Å². The van der Waals surface area contributed by atoms with E-state index in [1.807, 2.05) is 0 Å². The van der Waals surface area contributed by atoms with Gasteiger partial charge in [0.2, 0.25) is 23.5 Å². The molecule has 24 heavy (non-hydrogen) atoms. The van der Waals surface area contributed by atoms with Crippen molar-refractivity contribution in [3.05, 3.63) is 30.4 Å². The number of pyridine rings is 1. The summed E-state index contributed by atoms with van der Waals surface area (Å²) in [7, 11) is 0. The van der Waals surface area contributed by atoms with E-state index < -0.39 is 6.04 Å². The quantitative estimate of drug-likeness (QED) is 0.804. The van der Waals surface area contributed by atoms with Gasteiger partial charge in [0.05, 0.1) is 11.8 Å². The van der Waals surface area contributed by atoms with Gasteiger partial charge in [0.15, 0.2) is 0 Å². The zero-order valence-electron chi connectivity index (χ0n) is 13.4. The van der Waals surface area contributed by atoms with Gasteiger partial charge in [0.1, 0.15) is 6.04 Å². The summed E-state index contributed by atoms with van der Waals surface area (Å²) >= 11 is 0. The fraction of sp³-hybridized carbons (Fsp3) is 0.471. The monoisotopic (exact) mass is 326 g/mol. The molecular formula is C17H18N4O3. The third-order valence-electron chi connectivity index (χ3n) is 5.00. The van der Waals surface area contributed by atoms with E-state index in [0.717, 1.165) is 31.2 Å². The Morgan fingerprint density at radius 3 is 2.38 bits per heavy atom. The van der Waals surface area contributed by atoms with E-state index in [0.29, 0.717) is 5.82 Å². The summed E-state index contributed by atoms with van der Waals surface area (Å²) in [4.78, 5) is 34.9. The number of hydrogen-bond acceptors (Lipinski definition) is 6. The Morgan fingerprint density at radius 1 is 1.12 bits per heavy atom. The summed E-state index contributed by atoms with van der Waals surface area (Å²) in [6.07, 6.45) is 6.90. The second-order valence-electron chi connectivity index (χ2n) is 6.41. The summed E-state index contributed by atoms with van der Waals surface area (Å²) in [5.41, 5.74) is 0.778. The van der Waals surface area contributed by atoms with Crippen LogP contribution in [0.3, 0.4) is 0 Å². The lowest BCUT2D eigenvalue weighted by Gasteiger charge is -2.19. The molecule has 0 unspecified atom stereocenters. The van der Waals surface area contributed by atoms with Gasteiger partial charge in [-0.1, -0.05) is 18.0 Å². The van der Waals surface area contributed by atoms with Gasteiger partial charge in [-0.25, -0.2) is 0 Å². The molecule has 0 spiro atoms. The van der Waals surface area contributed by atoms with Crippen LogP contribution in [0.2, 0.25) is 0 Å². The summed E-state index contributed by atoms with van der Waals surface area (Å²) in [6.45, 7) is 1.76. The predicted octanol–water partition coefficient (Wildman–Crippen LogP) is 2.37. The van der Waals surface area contributed by atoms with E-state index in [9.17, 15) is 9.59 Å². The molecule has 0 N–H and O–H groups in total. The fourth-order valence-corrected chi connectivity index (χ4v) is 3.70. The van der Waals surface area contributed by atoms with Crippen molar-refractivity contribution in [2.45, 2.75) is 38.6 Å². The highest BCUT2D eigenvalue weighted by molar-refractivity contribution is 6.05. The van der Waals surface area contributed by atoms with Crippen molar-refractivity contribution in [2.24, 2.45) is 11.8 Å². The summed E-state index contributed by atoms with van der Waals surface area (Å²) < 4.78 is 5.32. The van der Waals surface area contributed by atoms with Crippen molar-refractivity contribution in [3.8, 4) is 11.4 Å². The van der Waals surface area contributed by atoms with Crippen LogP contribution in [0.5, 0.6) is 0 Å². The molecule has 0 bridgehead atoms. The lowest BCUT2D eigenvalue weighted by molar-refractivity contribution is -0.143. The topological polar surface area (TPSA) is 89.2 Å². The molecule has 2 aromatic rings. The third-order valence-corrected chi connectivity index (χ3v) is 5.00. The molecule has 3 atom stereocenters. The van der Waals surface area contributed by atoms with Gasteiger partial charge in [-0.05, 0) is 31.9 Å². The molecule has 7 heteroatoms. The van der Waals surface area contributed by atoms with Gasteiger partial charge in [-0.15, -0.1) is 0 Å². The largest absolute Gasteiger partial charge is 0.337 e. The second-order valence-corrected chi connectivity index (χ2v) is 6.41. The zero-order chi connectivity index (χ0) is 16.7. The van der Waals surface area contributed by atoms with Crippen LogP contribution in [0, 0.1) is 11.8 Å². The van der Waals surface area contributed by atoms with E-state index in [2.05, 4.69) is 15.1 Å². The highest BCUT2D eigenvalue weighted by atomic mass is 16.5. The van der Waals surface area contributed by atoms with Gasteiger partial charge in [0, 0.05) is 18.0 Å². The first-order chi connectivity index (χ1) is 11.7. The molecule has 2 fully saturated rings. The van der Waals surface area contributed by atoms with Crippen LogP contribution in [-0.4, -0.2) is 31.8 Å². The number of rotatable bonds is 3. The predicted molar refractivity (Wildman–Crippen MR) is 83.2 cm³/mol. The standard InChI is InChI=1S/C17H18N4O3/c1-10(15-19-14(20-24-15)11-6-8-18-9-7-11)21-16(22)12-4-2-3-5-13(12)17(21)23/h6-10,12-13H,2-5H2,1H3/t10-,12-,13+/m1/s1. The van der Waals surface area contributed by atoms with Gasteiger partial charge in [-0.3, -0.25) is 19.5 Å². The molecule has 2 amide bonds. The summed E-state index contributed by atoms with van der Waals surface area (Å²) in [6, 6.07) is 3.01. The van der Waals surface area contributed by atoms with E-state index in [1.165, 1.54) is 4.90 Å². The van der Waals surface area contributed by atoms with Crippen LogP contribution >= 0.6 is 0 Å². The van der Waals surface area contributed by atoms with Crippen molar-refractivity contribution in [1.82, 2.24) is 20.0 Å². The van der Waals surface area contributed by atoms with Crippen LogP contribution in [-0.2, 0) is 9.59 Å². The Morgan fingerprint density at radius 2 is 1.75 bits per heavy atom. The Kier molecular flexibility index (Phi) is 3.63. The zero-order valence-corrected chi connectivity index (χ0v) is 13.4. The fourth-order valence-electron chi connectivity index (χ4n) is 3.70. The van der Waals surface area contributed by atoms with Crippen LogP contribution in [0.1, 0.15) is 44.5 Å². The second kappa shape index (κ2) is 5.81. The number of imide groups is 1. The van der Waals surface area contributed by atoms with Crippen LogP contribution < -0.4 is 0 Å². The number of likely N-dealkylation sites (tertiary alicyclic amines) is 1. The highest BCUT2D eigenvalue weighted by Crippen LogP contribution is 2.41. The minimum Gasteiger partial charge on any atom is -0.337 e. The minimum atomic E-state index is -0.543. The van der Waals surface area contributed by atoms with E-state index in [-0.39, 0.29) is 29.5 Å². The third kappa shape index (κ3) is 2.31. The molecule has 124 valence electrons. The van der Waals surface area contributed by atoms with Crippen LogP contribution in [0.15, 0.2) is 29.0 Å². The summed E-state index contributed by atoms with van der Waals surface area (Å²) in [5, 5.41) is 3.96. The minimum absolute atomic E-state index is 0.0964. The number of aromatic nitrogens is 3. The maximum Gasteiger partial charge on any atom is 0.249 e. The number of carbonyl (C=O) groups is 2. The van der Waals surface area contributed by atoms with Crippen LogP contribution in [0.25, 0.3) is 11.4 Å². The molecule has 7 nitrogen and oxygen atoms in total. The molecule has 0 radical (unpaired) electrons. The number of fused-ring (bicyclic) bond motifs is 1. The number of nitrogens with zero attached hydrogens (tertiary/aromatic N) is 4. The van der Waals surface area contributed by atoms with Gasteiger partial charge in [-0.2, -0.15) is 4.98 Å². The Balaban J connectivity index is 1.60. The first-order valence-corrected chi connectivity index (χ1v) is 8.27. The molecule has 1 saturated carbocycles. The molecule has 4 rings (SSSR count). The van der Waals surface area contributed by atoms with E-state index in [4.69, 9.17) is 4.52 Å². The smallest absolute Gasteiger partial charge is 0.249 e. The van der Waals surface area contributed by atoms with Crippen molar-refractivity contribution in [1.29, 1.82) is 0 Å². The Hall–Kier alpha value is -2.57. The van der Waals surface area contributed by atoms with Crippen molar-refractivity contribution >= 4 is 11.8 Å². The molecular weight excluding hydrogens is 308 g/mol. The number of hydrogen-bond donors (Lipinski definition) is 0. The van der Waals surface area contributed by atoms with Crippen molar-refractivity contribution < 1.29 is 14.1 Å². The molecule has 2 aromatic heterocycles. The molecule has 3 heterocycles. The molecule has 1 aliphatic carbocycles. The lowest BCUT2D eigenvalue weighted by Crippen LogP contribution is -2.34. The first-order valence-electron chi connectivity index (χ1n) is 8.27. The molecule has 1 saturated heterocycles. The number of amides is 2. The van der Waals surface area contributed by atoms with E-state index >= 15 is 0 Å². The highest BCUT2D eigenvalue weighted by Gasteiger charge is 2.50. The maximum absolute atomic E-state index is 12.6. The average molecular weight is 326 g/mol. The maximum atomic E-state index is 12.6. The summed E-state index contributed by atoms with van der Waals surface area (Å²) in [5.74, 6) is 0.173. The molecule has 1 aliphatic heterocycles. The van der Waals surface area contributed by atoms with Crippen molar-refractivity contribution in [3.63, 3.8) is 0 Å². The van der Waals surface area contributed by atoms with Crippen molar-refractivity contribution in [2.75, 3.05) is 0 Å². The SMILES string of the molecule is C[C@H](c1nc(-c2ccncc2)no1)N1C(=O)[C@H]2CCCC[C@H]2C1=O. The van der Waals surface area contributed by atoms with Gasteiger partial charge >= 0.3 is 0 Å². The normalized spacial score (nSPS) is 25.0. The first kappa shape index (κ1) is 15.0. The lowest BCUT2D eigenvalue weighted by atomic mass is 9.81. The molecule has 2 aliphatic rings.